The molecule has 0 fully saturated rings. The van der Waals surface area contributed by atoms with Gasteiger partial charge in [-0.1, -0.05) is 18.3 Å². The largest absolute Gasteiger partial charge is 0.391 e. The van der Waals surface area contributed by atoms with Crippen LogP contribution in [0.4, 0.5) is 0 Å². The first-order valence-corrected chi connectivity index (χ1v) is 4.46. The average molecular weight is 187 g/mol. The first-order chi connectivity index (χ1) is 5.29. The molecule has 0 aliphatic heterocycles. The maximum Gasteiger partial charge on any atom is 0.0989 e. The molecular formula is C7H9NOS2. The maximum absolute atomic E-state index is 5.24. The Hall–Kier alpha value is -0.450. The van der Waals surface area contributed by atoms with Gasteiger partial charge in [-0.15, -0.1) is 11.3 Å². The number of hydrogen-bond acceptors (Lipinski definition) is 3. The lowest BCUT2D eigenvalue weighted by Crippen LogP contribution is -2.15. The van der Waals surface area contributed by atoms with E-state index in [0.717, 1.165) is 0 Å². The van der Waals surface area contributed by atoms with Crippen molar-refractivity contribution in [1.82, 2.24) is 0 Å². The van der Waals surface area contributed by atoms with E-state index in [1.807, 2.05) is 17.5 Å². The van der Waals surface area contributed by atoms with Gasteiger partial charge >= 0.3 is 0 Å². The third-order valence-electron chi connectivity index (χ3n) is 1.07. The number of thiophene rings is 1. The fourth-order valence-electron chi connectivity index (χ4n) is 0.647. The Bertz CT molecular complexity index is 220. The van der Waals surface area contributed by atoms with E-state index >= 15 is 0 Å². The number of thiocarbonyl (C=S) groups is 1. The van der Waals surface area contributed by atoms with Gasteiger partial charge in [0.1, 0.15) is 0 Å². The lowest BCUT2D eigenvalue weighted by molar-refractivity contribution is 0.161. The third-order valence-corrected chi connectivity index (χ3v) is 2.04. The fraction of sp³-hybridized carbons (Fsp3) is 0.286. The van der Waals surface area contributed by atoms with E-state index in [1.165, 1.54) is 4.88 Å². The van der Waals surface area contributed by atoms with E-state index in [4.69, 9.17) is 10.5 Å². The molecule has 0 radical (unpaired) electrons. The number of nitrogens with two attached hydrogens (primary N) is 1. The zero-order valence-corrected chi connectivity index (χ0v) is 7.58. The van der Waals surface area contributed by atoms with Crippen LogP contribution in [-0.4, -0.2) is 11.6 Å². The molecule has 0 aromatic carbocycles. The maximum atomic E-state index is 5.24. The molecular weight excluding hydrogens is 178 g/mol. The van der Waals surface area contributed by atoms with Crippen molar-refractivity contribution in [2.24, 2.45) is 5.73 Å². The monoisotopic (exact) mass is 187 g/mol. The molecule has 0 atom stereocenters. The van der Waals surface area contributed by atoms with E-state index in [-0.39, 0.29) is 0 Å². The summed E-state index contributed by atoms with van der Waals surface area (Å²) in [6, 6.07) is 4.01. The normalized spacial score (nSPS) is 9.82. The van der Waals surface area contributed by atoms with Crippen LogP contribution in [0, 0.1) is 0 Å². The van der Waals surface area contributed by atoms with Crippen molar-refractivity contribution in [1.29, 1.82) is 0 Å². The standard InChI is InChI=1S/C7H9NOS2/c8-7(10)5-9-4-6-2-1-3-11-6/h1-3H,4-5H2,(H2,8,10). The quantitative estimate of drug-likeness (QED) is 0.726. The van der Waals surface area contributed by atoms with Crippen LogP contribution in [0.1, 0.15) is 4.88 Å². The van der Waals surface area contributed by atoms with Gasteiger partial charge in [0.25, 0.3) is 0 Å². The summed E-state index contributed by atoms with van der Waals surface area (Å²) in [5.74, 6) is 0. The molecule has 60 valence electrons. The summed E-state index contributed by atoms with van der Waals surface area (Å²) in [6.45, 7) is 0.974. The first kappa shape index (κ1) is 8.64. The molecule has 0 saturated heterocycles. The first-order valence-electron chi connectivity index (χ1n) is 3.17. The lowest BCUT2D eigenvalue weighted by atomic mass is 10.5. The summed E-state index contributed by atoms with van der Waals surface area (Å²) in [5.41, 5.74) is 5.24. The van der Waals surface area contributed by atoms with E-state index < -0.39 is 0 Å². The predicted molar refractivity (Wildman–Crippen MR) is 50.8 cm³/mol. The minimum Gasteiger partial charge on any atom is -0.391 e. The lowest BCUT2D eigenvalue weighted by Gasteiger charge is -1.98. The van der Waals surface area contributed by atoms with E-state index in [2.05, 4.69) is 12.2 Å². The molecule has 0 aliphatic rings. The van der Waals surface area contributed by atoms with Crippen molar-refractivity contribution in [3.05, 3.63) is 22.4 Å². The molecule has 1 rings (SSSR count). The van der Waals surface area contributed by atoms with Gasteiger partial charge in [-0.3, -0.25) is 0 Å². The Labute approximate surface area is 75.0 Å². The highest BCUT2D eigenvalue weighted by Crippen LogP contribution is 2.08. The molecule has 1 aromatic heterocycles. The van der Waals surface area contributed by atoms with Crippen molar-refractivity contribution < 1.29 is 4.74 Å². The van der Waals surface area contributed by atoms with Crippen LogP contribution in [0.5, 0.6) is 0 Å². The number of rotatable bonds is 4. The zero-order valence-electron chi connectivity index (χ0n) is 5.95. The van der Waals surface area contributed by atoms with Gasteiger partial charge in [0.2, 0.25) is 0 Å². The minimum absolute atomic E-state index is 0.368. The van der Waals surface area contributed by atoms with Gasteiger partial charge < -0.3 is 10.5 Å². The fourth-order valence-corrected chi connectivity index (χ4v) is 1.37. The molecule has 1 heterocycles. The van der Waals surface area contributed by atoms with Crippen LogP contribution < -0.4 is 5.73 Å². The molecule has 2 nitrogen and oxygen atoms in total. The summed E-state index contributed by atoms with van der Waals surface area (Å²) in [4.78, 5) is 1.60. The van der Waals surface area contributed by atoms with E-state index in [1.54, 1.807) is 11.3 Å². The highest BCUT2D eigenvalue weighted by Gasteiger charge is 1.93. The van der Waals surface area contributed by atoms with Crippen LogP contribution in [0.2, 0.25) is 0 Å². The van der Waals surface area contributed by atoms with Gasteiger partial charge in [-0.05, 0) is 11.4 Å². The van der Waals surface area contributed by atoms with Crippen molar-refractivity contribution in [3.63, 3.8) is 0 Å². The highest BCUT2D eigenvalue weighted by molar-refractivity contribution is 7.80. The second-order valence-corrected chi connectivity index (χ2v) is 3.60. The molecule has 11 heavy (non-hydrogen) atoms. The molecule has 0 aliphatic carbocycles. The second-order valence-electron chi connectivity index (χ2n) is 2.04. The highest BCUT2D eigenvalue weighted by atomic mass is 32.1. The van der Waals surface area contributed by atoms with Crippen LogP contribution in [0.25, 0.3) is 0 Å². The van der Waals surface area contributed by atoms with Gasteiger partial charge in [-0.2, -0.15) is 0 Å². The summed E-state index contributed by atoms with van der Waals surface area (Å²) < 4.78 is 5.18. The molecule has 0 saturated carbocycles. The zero-order chi connectivity index (χ0) is 8.10. The smallest absolute Gasteiger partial charge is 0.0989 e. The van der Waals surface area contributed by atoms with E-state index in [0.29, 0.717) is 18.2 Å². The number of ether oxygens (including phenoxy) is 1. The van der Waals surface area contributed by atoms with Crippen molar-refractivity contribution in [2.45, 2.75) is 6.61 Å². The van der Waals surface area contributed by atoms with Gasteiger partial charge in [0.15, 0.2) is 0 Å². The van der Waals surface area contributed by atoms with Crippen molar-refractivity contribution in [2.75, 3.05) is 6.61 Å². The summed E-state index contributed by atoms with van der Waals surface area (Å²) in [7, 11) is 0. The second kappa shape index (κ2) is 4.43. The van der Waals surface area contributed by atoms with Crippen LogP contribution in [-0.2, 0) is 11.3 Å². The van der Waals surface area contributed by atoms with Crippen molar-refractivity contribution in [3.8, 4) is 0 Å². The Balaban J connectivity index is 2.19. The molecule has 2 N–H and O–H groups in total. The molecule has 1 aromatic rings. The molecule has 4 heteroatoms. The molecule has 0 spiro atoms. The Morgan fingerprint density at radius 1 is 1.73 bits per heavy atom. The predicted octanol–water partition coefficient (Wildman–Crippen LogP) is 1.55. The SMILES string of the molecule is NC(=S)COCc1cccs1. The summed E-state index contributed by atoms with van der Waals surface area (Å²) in [6.07, 6.45) is 0. The van der Waals surface area contributed by atoms with Crippen molar-refractivity contribution >= 4 is 28.5 Å². The molecule has 0 bridgehead atoms. The van der Waals surface area contributed by atoms with Crippen LogP contribution >= 0.6 is 23.6 Å². The number of hydrogen-bond donors (Lipinski definition) is 1. The third kappa shape index (κ3) is 3.46. The van der Waals surface area contributed by atoms with Gasteiger partial charge in [-0.25, -0.2) is 0 Å². The van der Waals surface area contributed by atoms with Gasteiger partial charge in [0.05, 0.1) is 18.2 Å². The van der Waals surface area contributed by atoms with Crippen LogP contribution in [0.15, 0.2) is 17.5 Å². The summed E-state index contributed by atoms with van der Waals surface area (Å²) >= 11 is 6.31. The molecule has 0 amide bonds. The Kier molecular flexibility index (Phi) is 3.48. The summed E-state index contributed by atoms with van der Waals surface area (Å²) in [5, 5.41) is 2.01. The Morgan fingerprint density at radius 3 is 3.09 bits per heavy atom. The average Bonchev–Trinajstić information content (AvgIpc) is 2.39. The Morgan fingerprint density at radius 2 is 2.55 bits per heavy atom. The van der Waals surface area contributed by atoms with E-state index in [9.17, 15) is 0 Å². The molecule has 0 unspecified atom stereocenters. The minimum atomic E-state index is 0.368. The van der Waals surface area contributed by atoms with Crippen LogP contribution in [0.3, 0.4) is 0 Å². The topological polar surface area (TPSA) is 35.2 Å². The van der Waals surface area contributed by atoms with Gasteiger partial charge in [0, 0.05) is 4.88 Å².